The average Bonchev–Trinajstić information content (AvgIpc) is 2.36. The van der Waals surface area contributed by atoms with Crippen LogP contribution in [0.25, 0.3) is 0 Å². The van der Waals surface area contributed by atoms with Crippen molar-refractivity contribution in [1.29, 1.82) is 0 Å². The summed E-state index contributed by atoms with van der Waals surface area (Å²) >= 11 is 0. The Hall–Kier alpha value is -1.26. The summed E-state index contributed by atoms with van der Waals surface area (Å²) in [6, 6.07) is 7.55. The molecule has 0 bridgehead atoms. The van der Waals surface area contributed by atoms with Gasteiger partial charge in [-0.15, -0.1) is 0 Å². The van der Waals surface area contributed by atoms with Crippen molar-refractivity contribution < 1.29 is 9.47 Å². The molecule has 0 saturated carbocycles. The summed E-state index contributed by atoms with van der Waals surface area (Å²) in [5.74, 6) is 0.887. The zero-order chi connectivity index (χ0) is 13.7. The fourth-order valence-corrected chi connectivity index (χ4v) is 2.51. The smallest absolute Gasteiger partial charge is 0.119 e. The van der Waals surface area contributed by atoms with Gasteiger partial charge in [-0.25, -0.2) is 0 Å². The van der Waals surface area contributed by atoms with Gasteiger partial charge in [0.2, 0.25) is 0 Å². The minimum Gasteiger partial charge on any atom is -0.494 e. The van der Waals surface area contributed by atoms with Crippen molar-refractivity contribution in [3.63, 3.8) is 0 Å². The predicted octanol–water partition coefficient (Wildman–Crippen LogP) is 2.15. The minimum absolute atomic E-state index is 0.335. The lowest BCUT2D eigenvalue weighted by Gasteiger charge is -2.35. The van der Waals surface area contributed by atoms with Crippen molar-refractivity contribution in [1.82, 2.24) is 4.90 Å². The third-order valence-corrected chi connectivity index (χ3v) is 3.26. The number of nitrogen functional groups attached to an aromatic ring is 1. The maximum atomic E-state index is 5.72. The Morgan fingerprint density at radius 2 is 1.84 bits per heavy atom. The van der Waals surface area contributed by atoms with Crippen LogP contribution in [0.1, 0.15) is 20.3 Å². The first-order valence-electron chi connectivity index (χ1n) is 6.99. The van der Waals surface area contributed by atoms with Gasteiger partial charge in [-0.1, -0.05) is 0 Å². The largest absolute Gasteiger partial charge is 0.494 e. The van der Waals surface area contributed by atoms with E-state index in [9.17, 15) is 0 Å². The van der Waals surface area contributed by atoms with Crippen LogP contribution in [0.5, 0.6) is 5.75 Å². The van der Waals surface area contributed by atoms with Crippen LogP contribution in [0.4, 0.5) is 5.69 Å². The highest BCUT2D eigenvalue weighted by Gasteiger charge is 2.21. The average molecular weight is 264 g/mol. The molecule has 0 aliphatic carbocycles. The Morgan fingerprint density at radius 3 is 2.47 bits per heavy atom. The molecule has 0 spiro atoms. The lowest BCUT2D eigenvalue weighted by atomic mass is 10.2. The minimum atomic E-state index is 0.335. The normalized spacial score (nSPS) is 24.3. The highest BCUT2D eigenvalue weighted by molar-refractivity contribution is 5.41. The molecule has 1 aliphatic rings. The molecule has 0 radical (unpaired) electrons. The summed E-state index contributed by atoms with van der Waals surface area (Å²) in [6.07, 6.45) is 1.70. The molecule has 2 N–H and O–H groups in total. The van der Waals surface area contributed by atoms with E-state index in [1.807, 2.05) is 24.3 Å². The van der Waals surface area contributed by atoms with Gasteiger partial charge in [-0.3, -0.25) is 4.90 Å². The molecule has 4 heteroatoms. The number of hydrogen-bond donors (Lipinski definition) is 1. The Balaban J connectivity index is 1.65. The SMILES string of the molecule is CC1CN(CCCOc2ccc(N)cc2)CC(C)O1. The van der Waals surface area contributed by atoms with Crippen molar-refractivity contribution >= 4 is 5.69 Å². The van der Waals surface area contributed by atoms with Crippen LogP contribution in [0, 0.1) is 0 Å². The molecule has 1 aromatic carbocycles. The molecule has 4 nitrogen and oxygen atoms in total. The summed E-state index contributed by atoms with van der Waals surface area (Å²) in [5.41, 5.74) is 6.40. The standard InChI is InChI=1S/C15H24N2O2/c1-12-10-17(11-13(2)19-12)8-3-9-18-15-6-4-14(16)5-7-15/h4-7,12-13H,3,8-11,16H2,1-2H3. The maximum absolute atomic E-state index is 5.72. The van der Waals surface area contributed by atoms with Crippen LogP contribution in [0.15, 0.2) is 24.3 Å². The van der Waals surface area contributed by atoms with Gasteiger partial charge in [-0.05, 0) is 44.5 Å². The van der Waals surface area contributed by atoms with E-state index >= 15 is 0 Å². The van der Waals surface area contributed by atoms with E-state index in [1.54, 1.807) is 0 Å². The van der Waals surface area contributed by atoms with Gasteiger partial charge in [-0.2, -0.15) is 0 Å². The maximum Gasteiger partial charge on any atom is 0.119 e. The van der Waals surface area contributed by atoms with Crippen molar-refractivity contribution in [3.05, 3.63) is 24.3 Å². The number of benzene rings is 1. The molecule has 2 unspecified atom stereocenters. The van der Waals surface area contributed by atoms with Crippen LogP contribution in [0.3, 0.4) is 0 Å². The third-order valence-electron chi connectivity index (χ3n) is 3.26. The number of anilines is 1. The van der Waals surface area contributed by atoms with Gasteiger partial charge < -0.3 is 15.2 Å². The van der Waals surface area contributed by atoms with E-state index in [-0.39, 0.29) is 0 Å². The van der Waals surface area contributed by atoms with E-state index in [0.29, 0.717) is 12.2 Å². The fourth-order valence-electron chi connectivity index (χ4n) is 2.51. The van der Waals surface area contributed by atoms with E-state index in [4.69, 9.17) is 15.2 Å². The topological polar surface area (TPSA) is 47.7 Å². The molecule has 2 atom stereocenters. The first-order valence-corrected chi connectivity index (χ1v) is 6.99. The van der Waals surface area contributed by atoms with Gasteiger partial charge in [0.05, 0.1) is 18.8 Å². The number of ether oxygens (including phenoxy) is 2. The molecule has 19 heavy (non-hydrogen) atoms. The highest BCUT2D eigenvalue weighted by atomic mass is 16.5. The van der Waals surface area contributed by atoms with E-state index < -0.39 is 0 Å². The van der Waals surface area contributed by atoms with E-state index in [0.717, 1.165) is 44.1 Å². The number of rotatable bonds is 5. The number of morpholine rings is 1. The van der Waals surface area contributed by atoms with Crippen LogP contribution in [-0.2, 0) is 4.74 Å². The monoisotopic (exact) mass is 264 g/mol. The predicted molar refractivity (Wildman–Crippen MR) is 77.4 cm³/mol. The number of nitrogens with zero attached hydrogens (tertiary/aromatic N) is 1. The molecule has 106 valence electrons. The highest BCUT2D eigenvalue weighted by Crippen LogP contribution is 2.14. The second kappa shape index (κ2) is 6.78. The van der Waals surface area contributed by atoms with Crippen LogP contribution in [0.2, 0.25) is 0 Å². The zero-order valence-electron chi connectivity index (χ0n) is 11.8. The second-order valence-electron chi connectivity index (χ2n) is 5.29. The summed E-state index contributed by atoms with van der Waals surface area (Å²) in [5, 5.41) is 0. The van der Waals surface area contributed by atoms with Crippen molar-refractivity contribution in [2.75, 3.05) is 32.0 Å². The molecule has 0 aromatic heterocycles. The zero-order valence-corrected chi connectivity index (χ0v) is 11.8. The van der Waals surface area contributed by atoms with Crippen molar-refractivity contribution in [2.45, 2.75) is 32.5 Å². The van der Waals surface area contributed by atoms with Gasteiger partial charge in [0.15, 0.2) is 0 Å². The van der Waals surface area contributed by atoms with Crippen molar-refractivity contribution in [2.24, 2.45) is 0 Å². The molecule has 0 amide bonds. The molecule has 1 fully saturated rings. The molecule has 1 saturated heterocycles. The summed E-state index contributed by atoms with van der Waals surface area (Å²) < 4.78 is 11.4. The van der Waals surface area contributed by atoms with Gasteiger partial charge >= 0.3 is 0 Å². The van der Waals surface area contributed by atoms with E-state index in [2.05, 4.69) is 18.7 Å². The Kier molecular flexibility index (Phi) is 5.05. The Morgan fingerprint density at radius 1 is 1.21 bits per heavy atom. The van der Waals surface area contributed by atoms with Crippen molar-refractivity contribution in [3.8, 4) is 5.75 Å². The summed E-state index contributed by atoms with van der Waals surface area (Å²) in [7, 11) is 0. The molecular weight excluding hydrogens is 240 g/mol. The lowest BCUT2D eigenvalue weighted by Crippen LogP contribution is -2.45. The molecule has 1 heterocycles. The van der Waals surface area contributed by atoms with Gasteiger partial charge in [0.1, 0.15) is 5.75 Å². The number of hydrogen-bond acceptors (Lipinski definition) is 4. The van der Waals surface area contributed by atoms with Crippen LogP contribution in [-0.4, -0.2) is 43.3 Å². The van der Waals surface area contributed by atoms with Crippen LogP contribution >= 0.6 is 0 Å². The Labute approximate surface area is 115 Å². The molecule has 2 rings (SSSR count). The lowest BCUT2D eigenvalue weighted by molar-refractivity contribution is -0.0686. The second-order valence-corrected chi connectivity index (χ2v) is 5.29. The first kappa shape index (κ1) is 14.2. The Bertz CT molecular complexity index is 370. The molecule has 1 aliphatic heterocycles. The van der Waals surface area contributed by atoms with Crippen LogP contribution < -0.4 is 10.5 Å². The van der Waals surface area contributed by atoms with Gasteiger partial charge in [0, 0.05) is 25.3 Å². The summed E-state index contributed by atoms with van der Waals surface area (Å²) in [6.45, 7) is 8.11. The molecule has 1 aromatic rings. The van der Waals surface area contributed by atoms with Gasteiger partial charge in [0.25, 0.3) is 0 Å². The first-order chi connectivity index (χ1) is 9.13. The molecular formula is C15H24N2O2. The number of nitrogens with two attached hydrogens (primary N) is 1. The van der Waals surface area contributed by atoms with E-state index in [1.165, 1.54) is 0 Å². The quantitative estimate of drug-likeness (QED) is 0.654. The third kappa shape index (κ3) is 4.73. The fraction of sp³-hybridized carbons (Fsp3) is 0.600. The summed E-state index contributed by atoms with van der Waals surface area (Å²) in [4.78, 5) is 2.45.